The second-order valence-electron chi connectivity index (χ2n) is 11.4. The molecule has 2 amide bonds. The van der Waals surface area contributed by atoms with E-state index in [2.05, 4.69) is 10.3 Å². The predicted molar refractivity (Wildman–Crippen MR) is 164 cm³/mol. The van der Waals surface area contributed by atoms with Crippen LogP contribution in [0.3, 0.4) is 0 Å². The zero-order chi connectivity index (χ0) is 35.9. The van der Waals surface area contributed by atoms with Gasteiger partial charge in [0, 0.05) is 25.0 Å². The summed E-state index contributed by atoms with van der Waals surface area (Å²) in [5.74, 6) is -5.70. The van der Waals surface area contributed by atoms with Gasteiger partial charge >= 0.3 is 23.9 Å². The number of amides is 2. The number of aryl methyl sites for hydroxylation is 1. The Hall–Kier alpha value is -4.65. The first kappa shape index (κ1) is 36.2. The lowest BCUT2D eigenvalue weighted by Gasteiger charge is -2.21. The number of halogens is 5. The first-order valence-electron chi connectivity index (χ1n) is 13.8. The van der Waals surface area contributed by atoms with Gasteiger partial charge in [0.25, 0.3) is 11.5 Å². The van der Waals surface area contributed by atoms with Crippen LogP contribution in [0, 0.1) is 11.6 Å². The first-order chi connectivity index (χ1) is 22.2. The Balaban J connectivity index is 1.74. The summed E-state index contributed by atoms with van der Waals surface area (Å²) in [7, 11) is 2.73. The molecule has 0 saturated heterocycles. The van der Waals surface area contributed by atoms with E-state index in [1.165, 1.54) is 31.0 Å². The van der Waals surface area contributed by atoms with Crippen LogP contribution in [-0.2, 0) is 52.5 Å². The number of hydrogen-bond donors (Lipinski definition) is 1. The van der Waals surface area contributed by atoms with Crippen molar-refractivity contribution in [1.82, 2.24) is 19.0 Å². The molecule has 3 aromatic heterocycles. The number of thiazole rings is 1. The number of thiophene rings is 1. The Morgan fingerprint density at radius 2 is 1.69 bits per heavy atom. The van der Waals surface area contributed by atoms with Crippen LogP contribution in [0.25, 0.3) is 21.5 Å². The molecule has 0 aliphatic carbocycles. The molecular weight excluding hydrogens is 689 g/mol. The van der Waals surface area contributed by atoms with Gasteiger partial charge in [0.2, 0.25) is 0 Å². The number of rotatable bonds is 7. The standard InChI is InChI=1S/C29H28F5N5O7S2/c1-13(35-26(43)46-28(2,3)4)24(42)45-12-39-17(15-7-8-16(30)20(21(15)31)29(32,33)34)11-48-25(39)36-18(40)9-14-10-47-23-19(14)22(41)37(5)27(44)38(23)6/h7-8,10-11,13H,9,12H2,1-6H3,(H,35,43)/t13-/m0/s1. The monoisotopic (exact) mass is 717 g/mol. The van der Waals surface area contributed by atoms with Crippen molar-refractivity contribution in [3.8, 4) is 11.3 Å². The summed E-state index contributed by atoms with van der Waals surface area (Å²) in [4.78, 5) is 67.1. The molecule has 3 heterocycles. The van der Waals surface area contributed by atoms with Crippen LogP contribution in [0.15, 0.2) is 37.5 Å². The summed E-state index contributed by atoms with van der Waals surface area (Å²) < 4.78 is 83.2. The molecule has 48 heavy (non-hydrogen) atoms. The number of carbonyl (C=O) groups excluding carboxylic acids is 3. The number of nitrogens with zero attached hydrogens (tertiary/aromatic N) is 4. The van der Waals surface area contributed by atoms with E-state index in [4.69, 9.17) is 9.47 Å². The number of ether oxygens (including phenoxy) is 2. The average molecular weight is 718 g/mol. The van der Waals surface area contributed by atoms with Crippen molar-refractivity contribution in [1.29, 1.82) is 0 Å². The zero-order valence-electron chi connectivity index (χ0n) is 26.2. The molecule has 12 nitrogen and oxygen atoms in total. The molecule has 0 bridgehead atoms. The number of hydrogen-bond acceptors (Lipinski definition) is 9. The molecule has 0 spiro atoms. The number of alkyl halides is 3. The van der Waals surface area contributed by atoms with E-state index in [9.17, 15) is 41.5 Å². The Bertz CT molecular complexity index is 2120. The van der Waals surface area contributed by atoms with E-state index in [-0.39, 0.29) is 21.4 Å². The summed E-state index contributed by atoms with van der Waals surface area (Å²) in [6.45, 7) is 5.22. The topological polar surface area (TPSA) is 143 Å². The van der Waals surface area contributed by atoms with Crippen LogP contribution in [0.1, 0.15) is 38.8 Å². The maximum atomic E-state index is 15.2. The third kappa shape index (κ3) is 7.56. The van der Waals surface area contributed by atoms with Crippen molar-refractivity contribution < 1.29 is 45.8 Å². The highest BCUT2D eigenvalue weighted by Crippen LogP contribution is 2.37. The molecule has 258 valence electrons. The minimum absolute atomic E-state index is 0.112. The lowest BCUT2D eigenvalue weighted by atomic mass is 10.1. The van der Waals surface area contributed by atoms with Crippen LogP contribution < -0.4 is 21.4 Å². The van der Waals surface area contributed by atoms with Gasteiger partial charge in [-0.1, -0.05) is 0 Å². The molecule has 0 aliphatic rings. The highest BCUT2D eigenvalue weighted by Gasteiger charge is 2.39. The number of alkyl carbamates (subject to hydrolysis) is 1. The van der Waals surface area contributed by atoms with Gasteiger partial charge in [-0.05, 0) is 50.8 Å². The minimum Gasteiger partial charge on any atom is -0.444 e. The Morgan fingerprint density at radius 3 is 2.31 bits per heavy atom. The van der Waals surface area contributed by atoms with Crippen LogP contribution in [0.4, 0.5) is 26.7 Å². The molecule has 1 aromatic carbocycles. The van der Waals surface area contributed by atoms with Gasteiger partial charge in [0.1, 0.15) is 33.7 Å². The number of aromatic nitrogens is 3. The fourth-order valence-electron chi connectivity index (χ4n) is 4.43. The van der Waals surface area contributed by atoms with E-state index in [0.717, 1.165) is 31.9 Å². The molecule has 0 saturated carbocycles. The van der Waals surface area contributed by atoms with Crippen LogP contribution in [0.2, 0.25) is 0 Å². The third-order valence-electron chi connectivity index (χ3n) is 6.68. The van der Waals surface area contributed by atoms with E-state index in [1.807, 2.05) is 0 Å². The molecule has 4 rings (SSSR count). The third-order valence-corrected chi connectivity index (χ3v) is 8.64. The molecule has 0 unspecified atom stereocenters. The van der Waals surface area contributed by atoms with Crippen molar-refractivity contribution >= 4 is 50.9 Å². The normalized spacial score (nSPS) is 13.1. The summed E-state index contributed by atoms with van der Waals surface area (Å²) in [5.41, 5.74) is -5.09. The maximum Gasteiger partial charge on any atom is 0.422 e. The molecular formula is C29H28F5N5O7S2. The van der Waals surface area contributed by atoms with Crippen molar-refractivity contribution in [3.63, 3.8) is 0 Å². The number of nitrogens with one attached hydrogen (secondary N) is 1. The minimum atomic E-state index is -5.40. The summed E-state index contributed by atoms with van der Waals surface area (Å²) in [6, 6.07) is -0.121. The van der Waals surface area contributed by atoms with Gasteiger partial charge in [-0.2, -0.15) is 18.2 Å². The van der Waals surface area contributed by atoms with Gasteiger partial charge in [0.15, 0.2) is 11.5 Å². The zero-order valence-corrected chi connectivity index (χ0v) is 27.8. The van der Waals surface area contributed by atoms with Crippen LogP contribution in [-0.4, -0.2) is 43.3 Å². The molecule has 1 atom stereocenters. The summed E-state index contributed by atoms with van der Waals surface area (Å²) in [5, 5.41) is 5.00. The van der Waals surface area contributed by atoms with Gasteiger partial charge in [0.05, 0.1) is 17.5 Å². The predicted octanol–water partition coefficient (Wildman–Crippen LogP) is 4.21. The van der Waals surface area contributed by atoms with Crippen LogP contribution >= 0.6 is 22.7 Å². The first-order valence-corrected chi connectivity index (χ1v) is 15.6. The lowest BCUT2D eigenvalue weighted by Crippen LogP contribution is -2.42. The van der Waals surface area contributed by atoms with E-state index in [1.54, 1.807) is 20.8 Å². The van der Waals surface area contributed by atoms with E-state index >= 15 is 4.39 Å². The van der Waals surface area contributed by atoms with E-state index < -0.39 is 83.0 Å². The van der Waals surface area contributed by atoms with Gasteiger partial charge in [-0.25, -0.2) is 23.2 Å². The van der Waals surface area contributed by atoms with Crippen LogP contribution in [0.5, 0.6) is 0 Å². The van der Waals surface area contributed by atoms with Gasteiger partial charge in [-0.15, -0.1) is 22.7 Å². The SMILES string of the molecule is C[C@H](NC(=O)OC(C)(C)C)C(=O)OCn1c(-c2ccc(F)c(C(F)(F)F)c2F)csc1=NC(=O)Cc1csc2c1c(=O)n(C)c(=O)n2C. The Kier molecular flexibility index (Phi) is 10.1. The average Bonchev–Trinajstić information content (AvgIpc) is 3.55. The number of esters is 1. The second-order valence-corrected chi connectivity index (χ2v) is 13.1. The largest absolute Gasteiger partial charge is 0.444 e. The highest BCUT2D eigenvalue weighted by molar-refractivity contribution is 7.17. The lowest BCUT2D eigenvalue weighted by molar-refractivity contribution is -0.149. The molecule has 0 fully saturated rings. The quantitative estimate of drug-likeness (QED) is 0.223. The van der Waals surface area contributed by atoms with Crippen molar-refractivity contribution in [3.05, 3.63) is 71.3 Å². The Labute approximate surface area is 275 Å². The summed E-state index contributed by atoms with van der Waals surface area (Å²) >= 11 is 1.72. The van der Waals surface area contributed by atoms with Gasteiger partial charge < -0.3 is 14.8 Å². The van der Waals surface area contributed by atoms with Crippen molar-refractivity contribution in [2.45, 2.75) is 58.7 Å². The molecule has 1 N–H and O–H groups in total. The smallest absolute Gasteiger partial charge is 0.422 e. The molecule has 0 aliphatic heterocycles. The molecule has 4 aromatic rings. The molecule has 0 radical (unpaired) electrons. The summed E-state index contributed by atoms with van der Waals surface area (Å²) in [6.07, 6.45) is -6.78. The Morgan fingerprint density at radius 1 is 1.02 bits per heavy atom. The number of fused-ring (bicyclic) bond motifs is 1. The highest BCUT2D eigenvalue weighted by atomic mass is 32.1. The van der Waals surface area contributed by atoms with E-state index in [0.29, 0.717) is 22.2 Å². The maximum absolute atomic E-state index is 15.2. The fourth-order valence-corrected chi connectivity index (χ4v) is 6.36. The fraction of sp³-hybridized carbons (Fsp3) is 0.379. The van der Waals surface area contributed by atoms with Crippen molar-refractivity contribution in [2.24, 2.45) is 19.1 Å². The van der Waals surface area contributed by atoms with Gasteiger partial charge in [-0.3, -0.25) is 23.3 Å². The van der Waals surface area contributed by atoms with Crippen molar-refractivity contribution in [2.75, 3.05) is 0 Å². The second kappa shape index (κ2) is 13.5. The number of carbonyl (C=O) groups is 3. The number of benzene rings is 1. The molecule has 19 heteroatoms.